The van der Waals surface area contributed by atoms with Crippen LogP contribution in [0.5, 0.6) is 0 Å². The SMILES string of the molecule is Cc1cc2nc(N(CCCN(C)C)C(=O)/C=C/c3ccccc3Cl)sc2cc1C. The Morgan fingerprint density at radius 3 is 2.59 bits per heavy atom. The summed E-state index contributed by atoms with van der Waals surface area (Å²) in [6.07, 6.45) is 4.22. The molecule has 0 bridgehead atoms. The molecule has 3 rings (SSSR count). The first-order valence-electron chi connectivity index (χ1n) is 9.62. The van der Waals surface area contributed by atoms with Crippen LogP contribution in [0, 0.1) is 13.8 Å². The molecule has 0 saturated carbocycles. The number of nitrogens with zero attached hydrogens (tertiary/aromatic N) is 3. The van der Waals surface area contributed by atoms with Crippen molar-refractivity contribution >= 4 is 50.3 Å². The number of amides is 1. The Hall–Kier alpha value is -2.21. The number of halogens is 1. The highest BCUT2D eigenvalue weighted by Crippen LogP contribution is 2.31. The smallest absolute Gasteiger partial charge is 0.252 e. The van der Waals surface area contributed by atoms with Gasteiger partial charge < -0.3 is 4.90 Å². The van der Waals surface area contributed by atoms with E-state index in [-0.39, 0.29) is 5.91 Å². The number of fused-ring (bicyclic) bond motifs is 1. The Balaban J connectivity index is 1.89. The summed E-state index contributed by atoms with van der Waals surface area (Å²) < 4.78 is 1.10. The molecule has 3 aromatic rings. The molecule has 1 heterocycles. The van der Waals surface area contributed by atoms with Crippen LogP contribution in [0.2, 0.25) is 5.02 Å². The molecule has 1 aromatic heterocycles. The Bertz CT molecular complexity index is 1000. The average Bonchev–Trinajstić information content (AvgIpc) is 3.06. The van der Waals surface area contributed by atoms with Crippen molar-refractivity contribution in [1.29, 1.82) is 0 Å². The molecule has 0 radical (unpaired) electrons. The second kappa shape index (κ2) is 9.53. The molecule has 0 aliphatic rings. The van der Waals surface area contributed by atoms with E-state index in [0.29, 0.717) is 11.6 Å². The summed E-state index contributed by atoms with van der Waals surface area (Å²) in [5.41, 5.74) is 4.20. The molecule has 0 atom stereocenters. The van der Waals surface area contributed by atoms with Gasteiger partial charge in [-0.15, -0.1) is 0 Å². The van der Waals surface area contributed by atoms with E-state index in [9.17, 15) is 4.79 Å². The van der Waals surface area contributed by atoms with Crippen LogP contribution in [0.4, 0.5) is 5.13 Å². The van der Waals surface area contributed by atoms with Crippen LogP contribution >= 0.6 is 22.9 Å². The van der Waals surface area contributed by atoms with Crippen LogP contribution < -0.4 is 4.90 Å². The zero-order valence-corrected chi connectivity index (χ0v) is 18.8. The third-order valence-electron chi connectivity index (χ3n) is 4.79. The number of rotatable bonds is 7. The largest absolute Gasteiger partial charge is 0.309 e. The maximum absolute atomic E-state index is 13.1. The Morgan fingerprint density at radius 2 is 1.86 bits per heavy atom. The second-order valence-corrected chi connectivity index (χ2v) is 8.82. The normalized spacial score (nSPS) is 11.7. The fourth-order valence-corrected chi connectivity index (χ4v) is 4.27. The van der Waals surface area contributed by atoms with Crippen LogP contribution in [-0.4, -0.2) is 43.0 Å². The Morgan fingerprint density at radius 1 is 1.14 bits per heavy atom. The van der Waals surface area contributed by atoms with Gasteiger partial charge in [-0.1, -0.05) is 41.1 Å². The first-order valence-corrected chi connectivity index (χ1v) is 10.8. The number of carbonyl (C=O) groups is 1. The molecule has 0 spiro atoms. The molecule has 152 valence electrons. The van der Waals surface area contributed by atoms with E-state index in [4.69, 9.17) is 16.6 Å². The molecule has 0 N–H and O–H groups in total. The topological polar surface area (TPSA) is 36.4 Å². The van der Waals surface area contributed by atoms with Gasteiger partial charge in [0.05, 0.1) is 10.2 Å². The predicted molar refractivity (Wildman–Crippen MR) is 125 cm³/mol. The van der Waals surface area contributed by atoms with Gasteiger partial charge in [-0.3, -0.25) is 9.69 Å². The molecule has 29 heavy (non-hydrogen) atoms. The summed E-state index contributed by atoms with van der Waals surface area (Å²) in [4.78, 5) is 21.7. The summed E-state index contributed by atoms with van der Waals surface area (Å²) in [7, 11) is 4.07. The molecular weight excluding hydrogens is 402 g/mol. The minimum absolute atomic E-state index is 0.0869. The summed E-state index contributed by atoms with van der Waals surface area (Å²) >= 11 is 7.77. The number of carbonyl (C=O) groups excluding carboxylic acids is 1. The third-order valence-corrected chi connectivity index (χ3v) is 6.17. The second-order valence-electron chi connectivity index (χ2n) is 7.40. The number of benzene rings is 2. The van der Waals surface area contributed by atoms with Gasteiger partial charge in [0.2, 0.25) is 0 Å². The van der Waals surface area contributed by atoms with Gasteiger partial charge in [0, 0.05) is 17.6 Å². The summed E-state index contributed by atoms with van der Waals surface area (Å²) in [5.74, 6) is -0.0869. The third kappa shape index (κ3) is 5.44. The highest BCUT2D eigenvalue weighted by atomic mass is 35.5. The Kier molecular flexibility index (Phi) is 7.06. The van der Waals surface area contributed by atoms with Crippen LogP contribution in [-0.2, 0) is 4.79 Å². The highest BCUT2D eigenvalue weighted by Gasteiger charge is 2.18. The first-order chi connectivity index (χ1) is 13.8. The average molecular weight is 428 g/mol. The lowest BCUT2D eigenvalue weighted by molar-refractivity contribution is -0.114. The summed E-state index contributed by atoms with van der Waals surface area (Å²) in [6, 6.07) is 11.7. The standard InChI is InChI=1S/C23H26ClN3OS/c1-16-14-20-21(15-17(16)2)29-23(25-20)27(13-7-12-26(3)4)22(28)11-10-18-8-5-6-9-19(18)24/h5-6,8-11,14-15H,7,12-13H2,1-4H3/b11-10+. The zero-order valence-electron chi connectivity index (χ0n) is 17.3. The van der Waals surface area contributed by atoms with Gasteiger partial charge in [0.1, 0.15) is 0 Å². The van der Waals surface area contributed by atoms with Crippen molar-refractivity contribution in [3.8, 4) is 0 Å². The van der Waals surface area contributed by atoms with Crippen LogP contribution in [0.15, 0.2) is 42.5 Å². The first kappa shape index (κ1) is 21.5. The number of anilines is 1. The number of hydrogen-bond acceptors (Lipinski definition) is 4. The lowest BCUT2D eigenvalue weighted by Crippen LogP contribution is -2.32. The van der Waals surface area contributed by atoms with Crippen molar-refractivity contribution < 1.29 is 4.79 Å². The van der Waals surface area contributed by atoms with E-state index < -0.39 is 0 Å². The van der Waals surface area contributed by atoms with Crippen molar-refractivity contribution in [3.63, 3.8) is 0 Å². The predicted octanol–water partition coefficient (Wildman–Crippen LogP) is 5.56. The van der Waals surface area contributed by atoms with Crippen molar-refractivity contribution in [1.82, 2.24) is 9.88 Å². The van der Waals surface area contributed by atoms with E-state index in [1.807, 2.05) is 38.4 Å². The van der Waals surface area contributed by atoms with Crippen molar-refractivity contribution in [2.45, 2.75) is 20.3 Å². The van der Waals surface area contributed by atoms with Crippen LogP contribution in [0.25, 0.3) is 16.3 Å². The van der Waals surface area contributed by atoms with Gasteiger partial charge in [0.15, 0.2) is 5.13 Å². The lowest BCUT2D eigenvalue weighted by atomic mass is 10.1. The van der Waals surface area contributed by atoms with Gasteiger partial charge in [-0.25, -0.2) is 4.98 Å². The van der Waals surface area contributed by atoms with Crippen LogP contribution in [0.1, 0.15) is 23.1 Å². The van der Waals surface area contributed by atoms with Crippen molar-refractivity contribution in [3.05, 3.63) is 64.2 Å². The van der Waals surface area contributed by atoms with Gasteiger partial charge in [-0.2, -0.15) is 0 Å². The maximum Gasteiger partial charge on any atom is 0.252 e. The fraction of sp³-hybridized carbons (Fsp3) is 0.304. The van der Waals surface area contributed by atoms with Gasteiger partial charge in [-0.05, 0) is 81.9 Å². The minimum Gasteiger partial charge on any atom is -0.309 e. The number of hydrogen-bond donors (Lipinski definition) is 0. The molecule has 0 saturated heterocycles. The van der Waals surface area contributed by atoms with E-state index in [2.05, 4.69) is 30.9 Å². The number of aromatic nitrogens is 1. The summed E-state index contributed by atoms with van der Waals surface area (Å²) in [6.45, 7) is 5.70. The molecule has 6 heteroatoms. The zero-order chi connectivity index (χ0) is 21.0. The number of aryl methyl sites for hydroxylation is 2. The quantitative estimate of drug-likeness (QED) is 0.463. The fourth-order valence-electron chi connectivity index (χ4n) is 2.99. The van der Waals surface area contributed by atoms with E-state index >= 15 is 0 Å². The highest BCUT2D eigenvalue weighted by molar-refractivity contribution is 7.22. The monoisotopic (exact) mass is 427 g/mol. The summed E-state index contributed by atoms with van der Waals surface area (Å²) in [5, 5.41) is 1.36. The van der Waals surface area contributed by atoms with E-state index in [0.717, 1.165) is 33.9 Å². The molecule has 0 fully saturated rings. The molecular formula is C23H26ClN3OS. The van der Waals surface area contributed by atoms with Gasteiger partial charge >= 0.3 is 0 Å². The molecule has 0 unspecified atom stereocenters. The van der Waals surface area contributed by atoms with E-state index in [1.165, 1.54) is 11.1 Å². The molecule has 0 aliphatic carbocycles. The van der Waals surface area contributed by atoms with Crippen molar-refractivity contribution in [2.24, 2.45) is 0 Å². The van der Waals surface area contributed by atoms with Crippen molar-refractivity contribution in [2.75, 3.05) is 32.1 Å². The molecule has 0 aliphatic heterocycles. The molecule has 2 aromatic carbocycles. The molecule has 4 nitrogen and oxygen atoms in total. The van der Waals surface area contributed by atoms with E-state index in [1.54, 1.807) is 28.4 Å². The number of thiazole rings is 1. The Labute approximate surface area is 181 Å². The van der Waals surface area contributed by atoms with Gasteiger partial charge in [0.25, 0.3) is 5.91 Å². The van der Waals surface area contributed by atoms with Crippen LogP contribution in [0.3, 0.4) is 0 Å². The lowest BCUT2D eigenvalue weighted by Gasteiger charge is -2.19. The maximum atomic E-state index is 13.1. The molecule has 1 amide bonds. The minimum atomic E-state index is -0.0869.